The van der Waals surface area contributed by atoms with Crippen molar-refractivity contribution >= 4 is 11.6 Å². The summed E-state index contributed by atoms with van der Waals surface area (Å²) in [6.45, 7) is 1.83. The van der Waals surface area contributed by atoms with Gasteiger partial charge in [0.15, 0.2) is 0 Å². The zero-order valence-corrected chi connectivity index (χ0v) is 11.9. The van der Waals surface area contributed by atoms with Crippen molar-refractivity contribution in [1.82, 2.24) is 0 Å². The van der Waals surface area contributed by atoms with Gasteiger partial charge < -0.3 is 10.5 Å². The van der Waals surface area contributed by atoms with Gasteiger partial charge in [0.1, 0.15) is 11.5 Å². The lowest BCUT2D eigenvalue weighted by Crippen LogP contribution is -2.06. The summed E-state index contributed by atoms with van der Waals surface area (Å²) < 4.78 is 43.7. The molecule has 0 aliphatic heterocycles. The van der Waals surface area contributed by atoms with Gasteiger partial charge in [-0.2, -0.15) is 13.2 Å². The van der Waals surface area contributed by atoms with Crippen molar-refractivity contribution in [2.45, 2.75) is 19.1 Å². The topological polar surface area (TPSA) is 35.2 Å². The van der Waals surface area contributed by atoms with Crippen molar-refractivity contribution in [1.29, 1.82) is 0 Å². The monoisotopic (exact) mass is 315 g/mol. The van der Waals surface area contributed by atoms with Gasteiger partial charge in [-0.05, 0) is 36.8 Å². The zero-order chi connectivity index (χ0) is 15.6. The Bertz CT molecular complexity index is 624. The van der Waals surface area contributed by atoms with Gasteiger partial charge in [-0.25, -0.2) is 0 Å². The van der Waals surface area contributed by atoms with E-state index in [1.807, 2.05) is 6.92 Å². The minimum Gasteiger partial charge on any atom is -0.456 e. The van der Waals surface area contributed by atoms with Gasteiger partial charge in [0, 0.05) is 6.04 Å². The molecule has 0 saturated heterocycles. The third-order valence-corrected chi connectivity index (χ3v) is 3.29. The molecule has 0 heterocycles. The quantitative estimate of drug-likeness (QED) is 0.848. The fourth-order valence-electron chi connectivity index (χ4n) is 1.77. The minimum absolute atomic E-state index is 0.0416. The van der Waals surface area contributed by atoms with Crippen molar-refractivity contribution in [3.8, 4) is 11.5 Å². The Balaban J connectivity index is 2.28. The van der Waals surface area contributed by atoms with Crippen LogP contribution in [-0.2, 0) is 6.18 Å². The smallest absolute Gasteiger partial charge is 0.417 e. The molecule has 0 spiro atoms. The van der Waals surface area contributed by atoms with Gasteiger partial charge in [0.25, 0.3) is 0 Å². The SMILES string of the molecule is CC(N)c1ccc(Oc2cccc(C(F)(F)F)c2Cl)cc1. The molecule has 2 N–H and O–H groups in total. The Morgan fingerprint density at radius 3 is 2.24 bits per heavy atom. The first kappa shape index (κ1) is 15.7. The molecule has 0 bridgehead atoms. The molecule has 112 valence electrons. The highest BCUT2D eigenvalue weighted by molar-refractivity contribution is 6.32. The second-order valence-corrected chi connectivity index (χ2v) is 4.95. The standard InChI is InChI=1S/C15H13ClF3NO/c1-9(20)10-5-7-11(8-6-10)21-13-4-2-3-12(14(13)16)15(17,18)19/h2-9H,20H2,1H3. The molecule has 0 fully saturated rings. The fourth-order valence-corrected chi connectivity index (χ4v) is 2.05. The Hall–Kier alpha value is -1.72. The Morgan fingerprint density at radius 2 is 1.71 bits per heavy atom. The van der Waals surface area contributed by atoms with Crippen molar-refractivity contribution in [2.75, 3.05) is 0 Å². The maximum atomic E-state index is 12.8. The maximum Gasteiger partial charge on any atom is 0.417 e. The van der Waals surface area contributed by atoms with E-state index < -0.39 is 16.8 Å². The summed E-state index contributed by atoms with van der Waals surface area (Å²) in [5.74, 6) is 0.348. The number of nitrogens with two attached hydrogens (primary N) is 1. The van der Waals surface area contributed by atoms with Gasteiger partial charge >= 0.3 is 6.18 Å². The summed E-state index contributed by atoms with van der Waals surface area (Å²) >= 11 is 5.76. The third kappa shape index (κ3) is 3.68. The first-order valence-corrected chi connectivity index (χ1v) is 6.56. The Labute approximate surface area is 125 Å². The van der Waals surface area contributed by atoms with E-state index in [1.54, 1.807) is 24.3 Å². The van der Waals surface area contributed by atoms with E-state index in [-0.39, 0.29) is 11.8 Å². The number of halogens is 4. The second-order valence-electron chi connectivity index (χ2n) is 4.58. The fraction of sp³-hybridized carbons (Fsp3) is 0.200. The first-order valence-electron chi connectivity index (χ1n) is 6.18. The molecular formula is C15H13ClF3NO. The summed E-state index contributed by atoms with van der Waals surface area (Å²) in [5.41, 5.74) is 5.70. The van der Waals surface area contributed by atoms with E-state index in [9.17, 15) is 13.2 Å². The number of rotatable bonds is 3. The van der Waals surface area contributed by atoms with Crippen LogP contribution in [0.2, 0.25) is 5.02 Å². The predicted molar refractivity (Wildman–Crippen MR) is 75.6 cm³/mol. The van der Waals surface area contributed by atoms with Crippen LogP contribution in [0.5, 0.6) is 11.5 Å². The second kappa shape index (κ2) is 5.95. The number of alkyl halides is 3. The molecule has 0 saturated carbocycles. The van der Waals surface area contributed by atoms with Crippen LogP contribution in [0.3, 0.4) is 0 Å². The molecule has 0 aliphatic carbocycles. The summed E-state index contributed by atoms with van der Waals surface area (Å²) in [7, 11) is 0. The van der Waals surface area contributed by atoms with Gasteiger partial charge in [-0.15, -0.1) is 0 Å². The van der Waals surface area contributed by atoms with Gasteiger partial charge in [-0.3, -0.25) is 0 Å². The minimum atomic E-state index is -4.52. The predicted octanol–water partition coefficient (Wildman–Crippen LogP) is 5.17. The molecule has 0 aliphatic rings. The highest BCUT2D eigenvalue weighted by Crippen LogP contribution is 2.40. The van der Waals surface area contributed by atoms with Crippen LogP contribution in [0.4, 0.5) is 13.2 Å². The summed E-state index contributed by atoms with van der Waals surface area (Å²) in [6.07, 6.45) is -4.52. The summed E-state index contributed by atoms with van der Waals surface area (Å²) in [6, 6.07) is 10.2. The summed E-state index contributed by atoms with van der Waals surface area (Å²) in [4.78, 5) is 0. The van der Waals surface area contributed by atoms with Crippen LogP contribution in [0.15, 0.2) is 42.5 Å². The highest BCUT2D eigenvalue weighted by Gasteiger charge is 2.34. The summed E-state index contributed by atoms with van der Waals surface area (Å²) in [5, 5.41) is -0.457. The molecule has 2 aromatic rings. The molecular weight excluding hydrogens is 303 g/mol. The highest BCUT2D eigenvalue weighted by atomic mass is 35.5. The molecule has 2 nitrogen and oxygen atoms in total. The van der Waals surface area contributed by atoms with Gasteiger partial charge in [-0.1, -0.05) is 29.8 Å². The van der Waals surface area contributed by atoms with E-state index in [2.05, 4.69) is 0 Å². The van der Waals surface area contributed by atoms with E-state index in [1.165, 1.54) is 12.1 Å². The Morgan fingerprint density at radius 1 is 1.10 bits per heavy atom. The van der Waals surface area contributed by atoms with Crippen LogP contribution in [0.1, 0.15) is 24.1 Å². The average Bonchev–Trinajstić information content (AvgIpc) is 2.40. The molecule has 0 radical (unpaired) electrons. The molecule has 21 heavy (non-hydrogen) atoms. The molecule has 6 heteroatoms. The van der Waals surface area contributed by atoms with Crippen molar-refractivity contribution in [3.05, 3.63) is 58.6 Å². The van der Waals surface area contributed by atoms with Crippen molar-refractivity contribution in [3.63, 3.8) is 0 Å². The van der Waals surface area contributed by atoms with Crippen LogP contribution in [0.25, 0.3) is 0 Å². The molecule has 1 unspecified atom stereocenters. The number of benzene rings is 2. The number of ether oxygens (including phenoxy) is 1. The Kier molecular flexibility index (Phi) is 4.44. The molecule has 0 amide bonds. The van der Waals surface area contributed by atoms with Crippen LogP contribution >= 0.6 is 11.6 Å². The lowest BCUT2D eigenvalue weighted by molar-refractivity contribution is -0.137. The lowest BCUT2D eigenvalue weighted by atomic mass is 10.1. The molecule has 2 aromatic carbocycles. The van der Waals surface area contributed by atoms with Gasteiger partial charge in [0.2, 0.25) is 0 Å². The van der Waals surface area contributed by atoms with E-state index in [4.69, 9.17) is 22.1 Å². The third-order valence-electron chi connectivity index (χ3n) is 2.90. The van der Waals surface area contributed by atoms with Gasteiger partial charge in [0.05, 0.1) is 10.6 Å². The van der Waals surface area contributed by atoms with Crippen LogP contribution in [0, 0.1) is 0 Å². The normalized spacial score (nSPS) is 13.0. The molecule has 0 aromatic heterocycles. The number of hydrogen-bond acceptors (Lipinski definition) is 2. The van der Waals surface area contributed by atoms with Crippen LogP contribution in [-0.4, -0.2) is 0 Å². The van der Waals surface area contributed by atoms with Crippen LogP contribution < -0.4 is 10.5 Å². The van der Waals surface area contributed by atoms with E-state index in [0.717, 1.165) is 11.6 Å². The van der Waals surface area contributed by atoms with E-state index >= 15 is 0 Å². The maximum absolute atomic E-state index is 12.8. The van der Waals surface area contributed by atoms with Crippen molar-refractivity contribution in [2.24, 2.45) is 5.73 Å². The lowest BCUT2D eigenvalue weighted by Gasteiger charge is -2.13. The molecule has 1 atom stereocenters. The van der Waals surface area contributed by atoms with E-state index in [0.29, 0.717) is 5.75 Å². The zero-order valence-electron chi connectivity index (χ0n) is 11.1. The average molecular weight is 316 g/mol. The molecule has 2 rings (SSSR count). The largest absolute Gasteiger partial charge is 0.456 e. The number of hydrogen-bond donors (Lipinski definition) is 1. The first-order chi connectivity index (χ1) is 9.79. The van der Waals surface area contributed by atoms with Crippen molar-refractivity contribution < 1.29 is 17.9 Å².